The maximum absolute atomic E-state index is 11.0. The van der Waals surface area contributed by atoms with Crippen LogP contribution in [0.2, 0.25) is 0 Å². The molecule has 0 spiro atoms. The molecule has 0 rings (SSSR count). The first-order valence-corrected chi connectivity index (χ1v) is 4.73. The molecule has 0 unspecified atom stereocenters. The largest absolute Gasteiger partial charge is 0.463 e. The lowest BCUT2D eigenvalue weighted by Crippen LogP contribution is -1.99. The maximum Gasteiger partial charge on any atom is 0.330 e. The van der Waals surface area contributed by atoms with Crippen LogP contribution in [0.1, 0.15) is 27.7 Å². The number of hydrogen-bond donors (Lipinski definition) is 0. The first kappa shape index (κ1) is 12.7. The normalized spacial score (nSPS) is 11.6. The number of carbonyl (C=O) groups excluding carboxylic acids is 1. The predicted octanol–water partition coefficient (Wildman–Crippen LogP) is 3.02. The lowest BCUT2D eigenvalue weighted by atomic mass is 10.2. The lowest BCUT2D eigenvalue weighted by Gasteiger charge is -1.95. The van der Waals surface area contributed by atoms with Crippen LogP contribution < -0.4 is 0 Å². The minimum Gasteiger partial charge on any atom is -0.463 e. The van der Waals surface area contributed by atoms with Gasteiger partial charge in [0.25, 0.3) is 0 Å². The van der Waals surface area contributed by atoms with Gasteiger partial charge in [-0.25, -0.2) is 4.79 Å². The smallest absolute Gasteiger partial charge is 0.330 e. The number of esters is 1. The van der Waals surface area contributed by atoms with Gasteiger partial charge in [-0.1, -0.05) is 23.8 Å². The lowest BCUT2D eigenvalue weighted by molar-refractivity contribution is -0.137. The highest BCUT2D eigenvalue weighted by molar-refractivity contribution is 5.83. The molecule has 2 heteroatoms. The van der Waals surface area contributed by atoms with Crippen LogP contribution in [0.3, 0.4) is 0 Å². The molecule has 0 N–H and O–H groups in total. The second-order valence-electron chi connectivity index (χ2n) is 3.24. The van der Waals surface area contributed by atoms with Crippen molar-refractivity contribution in [2.24, 2.45) is 0 Å². The highest BCUT2D eigenvalue weighted by atomic mass is 16.5. The molecule has 0 radical (unpaired) electrons. The zero-order valence-electron chi connectivity index (χ0n) is 9.33. The van der Waals surface area contributed by atoms with Crippen LogP contribution >= 0.6 is 0 Å². The molecule has 2 nitrogen and oxygen atoms in total. The van der Waals surface area contributed by atoms with Gasteiger partial charge in [-0.15, -0.1) is 0 Å². The van der Waals surface area contributed by atoms with Crippen molar-refractivity contribution in [3.8, 4) is 0 Å². The van der Waals surface area contributed by atoms with E-state index in [0.29, 0.717) is 6.61 Å². The molecule has 14 heavy (non-hydrogen) atoms. The molecule has 0 atom stereocenters. The standard InChI is InChI=1S/C12H18O2/c1-5-14-12(13)9-11(4)8-6-7-10(2)3/h6-9H,5H2,1-4H3/b8-6?,11-9-. The van der Waals surface area contributed by atoms with E-state index >= 15 is 0 Å². The van der Waals surface area contributed by atoms with Crippen molar-refractivity contribution in [1.29, 1.82) is 0 Å². The summed E-state index contributed by atoms with van der Waals surface area (Å²) in [4.78, 5) is 11.0. The average molecular weight is 194 g/mol. The van der Waals surface area contributed by atoms with E-state index in [1.807, 2.05) is 39.0 Å². The number of carbonyl (C=O) groups is 1. The number of ether oxygens (including phenoxy) is 1. The number of rotatable bonds is 4. The summed E-state index contributed by atoms with van der Waals surface area (Å²) in [6, 6.07) is 0. The third-order valence-corrected chi connectivity index (χ3v) is 1.42. The maximum atomic E-state index is 11.0. The third kappa shape index (κ3) is 7.35. The van der Waals surface area contributed by atoms with Crippen LogP contribution in [0.4, 0.5) is 0 Å². The molecule has 0 aromatic heterocycles. The van der Waals surface area contributed by atoms with Crippen molar-refractivity contribution in [1.82, 2.24) is 0 Å². The Balaban J connectivity index is 4.19. The van der Waals surface area contributed by atoms with Gasteiger partial charge in [-0.2, -0.15) is 0 Å². The van der Waals surface area contributed by atoms with Crippen molar-refractivity contribution in [3.63, 3.8) is 0 Å². The van der Waals surface area contributed by atoms with Gasteiger partial charge in [0.1, 0.15) is 0 Å². The summed E-state index contributed by atoms with van der Waals surface area (Å²) in [5.74, 6) is -0.285. The van der Waals surface area contributed by atoms with Gasteiger partial charge in [0, 0.05) is 6.08 Å². The first-order chi connectivity index (χ1) is 6.56. The second kappa shape index (κ2) is 7.13. The van der Waals surface area contributed by atoms with E-state index in [0.717, 1.165) is 5.57 Å². The Kier molecular flexibility index (Phi) is 6.46. The monoisotopic (exact) mass is 194 g/mol. The van der Waals surface area contributed by atoms with Crippen LogP contribution in [-0.2, 0) is 9.53 Å². The van der Waals surface area contributed by atoms with Gasteiger partial charge in [0.05, 0.1) is 6.61 Å². The molecule has 0 aliphatic rings. The van der Waals surface area contributed by atoms with E-state index in [4.69, 9.17) is 4.74 Å². The predicted molar refractivity (Wildman–Crippen MR) is 59.0 cm³/mol. The fourth-order valence-corrected chi connectivity index (χ4v) is 0.810. The Labute approximate surface area is 86.0 Å². The van der Waals surface area contributed by atoms with Gasteiger partial charge < -0.3 is 4.74 Å². The summed E-state index contributed by atoms with van der Waals surface area (Å²) in [7, 11) is 0. The minimum atomic E-state index is -0.285. The Morgan fingerprint density at radius 2 is 1.93 bits per heavy atom. The highest BCUT2D eigenvalue weighted by Crippen LogP contribution is 1.98. The van der Waals surface area contributed by atoms with E-state index < -0.39 is 0 Å². The van der Waals surface area contributed by atoms with Crippen LogP contribution in [0.15, 0.2) is 35.5 Å². The summed E-state index contributed by atoms with van der Waals surface area (Å²) in [5.41, 5.74) is 2.12. The topological polar surface area (TPSA) is 26.3 Å². The zero-order valence-corrected chi connectivity index (χ0v) is 9.33. The molecule has 0 fully saturated rings. The van der Waals surface area contributed by atoms with Gasteiger partial charge in [0.15, 0.2) is 0 Å². The molecule has 0 aromatic carbocycles. The van der Waals surface area contributed by atoms with E-state index in [2.05, 4.69) is 0 Å². The molecular formula is C12H18O2. The fraction of sp³-hybridized carbons (Fsp3) is 0.417. The molecule has 0 saturated carbocycles. The van der Waals surface area contributed by atoms with Gasteiger partial charge in [0.2, 0.25) is 0 Å². The van der Waals surface area contributed by atoms with Crippen molar-refractivity contribution in [2.45, 2.75) is 27.7 Å². The van der Waals surface area contributed by atoms with Crippen molar-refractivity contribution < 1.29 is 9.53 Å². The second-order valence-corrected chi connectivity index (χ2v) is 3.24. The summed E-state index contributed by atoms with van der Waals surface area (Å²) >= 11 is 0. The number of hydrogen-bond acceptors (Lipinski definition) is 2. The summed E-state index contributed by atoms with van der Waals surface area (Å²) < 4.78 is 4.78. The average Bonchev–Trinajstić information content (AvgIpc) is 2.03. The molecule has 0 amide bonds. The van der Waals surface area contributed by atoms with Crippen molar-refractivity contribution >= 4 is 5.97 Å². The summed E-state index contributed by atoms with van der Waals surface area (Å²) in [6.07, 6.45) is 7.27. The quantitative estimate of drug-likeness (QED) is 0.390. The van der Waals surface area contributed by atoms with Crippen LogP contribution in [-0.4, -0.2) is 12.6 Å². The van der Waals surface area contributed by atoms with Gasteiger partial charge in [-0.3, -0.25) is 0 Å². The molecule has 0 aromatic rings. The van der Waals surface area contributed by atoms with E-state index in [-0.39, 0.29) is 5.97 Å². The molecule has 78 valence electrons. The zero-order chi connectivity index (χ0) is 11.0. The van der Waals surface area contributed by atoms with Crippen LogP contribution in [0.25, 0.3) is 0 Å². The highest BCUT2D eigenvalue weighted by Gasteiger charge is 1.94. The Morgan fingerprint density at radius 1 is 1.29 bits per heavy atom. The van der Waals surface area contributed by atoms with Crippen LogP contribution in [0.5, 0.6) is 0 Å². The van der Waals surface area contributed by atoms with E-state index in [1.54, 1.807) is 6.92 Å². The van der Waals surface area contributed by atoms with Gasteiger partial charge in [-0.05, 0) is 33.3 Å². The molecule has 0 heterocycles. The molecular weight excluding hydrogens is 176 g/mol. The van der Waals surface area contributed by atoms with Crippen LogP contribution in [0, 0.1) is 0 Å². The van der Waals surface area contributed by atoms with Crippen molar-refractivity contribution in [3.05, 3.63) is 35.5 Å². The Morgan fingerprint density at radius 3 is 2.43 bits per heavy atom. The van der Waals surface area contributed by atoms with Gasteiger partial charge >= 0.3 is 5.97 Å². The molecule has 0 saturated heterocycles. The Hall–Kier alpha value is -1.31. The SMILES string of the molecule is CCOC(=O)/C=C(/C)C=CC=C(C)C. The molecule has 0 aliphatic heterocycles. The molecule has 0 bridgehead atoms. The molecule has 0 aliphatic carbocycles. The first-order valence-electron chi connectivity index (χ1n) is 4.73. The van der Waals surface area contributed by atoms with E-state index in [9.17, 15) is 4.79 Å². The number of allylic oxidation sites excluding steroid dienone is 5. The fourth-order valence-electron chi connectivity index (χ4n) is 0.810. The minimum absolute atomic E-state index is 0.285. The summed E-state index contributed by atoms with van der Waals surface area (Å²) in [5, 5.41) is 0. The third-order valence-electron chi connectivity index (χ3n) is 1.42. The van der Waals surface area contributed by atoms with Crippen molar-refractivity contribution in [2.75, 3.05) is 6.61 Å². The Bertz CT molecular complexity index is 266. The van der Waals surface area contributed by atoms with E-state index in [1.165, 1.54) is 11.6 Å². The summed E-state index contributed by atoms with van der Waals surface area (Å²) in [6.45, 7) is 8.12.